The molecule has 2 N–H and O–H groups in total. The Kier molecular flexibility index (Phi) is 4.61. The number of aliphatic carboxylic acids is 1. The molecule has 6 nitrogen and oxygen atoms in total. The molecule has 0 heterocycles. The first-order valence-electron chi connectivity index (χ1n) is 6.42. The van der Waals surface area contributed by atoms with Crippen molar-refractivity contribution in [3.05, 3.63) is 24.3 Å². The molecule has 0 aliphatic heterocycles. The summed E-state index contributed by atoms with van der Waals surface area (Å²) in [5, 5.41) is 8.47. The Bertz CT molecular complexity index is 563. The van der Waals surface area contributed by atoms with Crippen LogP contribution in [0.5, 0.6) is 5.75 Å². The highest BCUT2D eigenvalue weighted by molar-refractivity contribution is 7.89. The average Bonchev–Trinajstić information content (AvgIpc) is 3.21. The molecule has 0 saturated heterocycles. The van der Waals surface area contributed by atoms with Crippen LogP contribution in [0.2, 0.25) is 0 Å². The second-order valence-electron chi connectivity index (χ2n) is 4.78. The summed E-state index contributed by atoms with van der Waals surface area (Å²) in [6, 6.07) is 5.68. The summed E-state index contributed by atoms with van der Waals surface area (Å²) in [5.74, 6) is -0.0859. The minimum atomic E-state index is -3.50. The van der Waals surface area contributed by atoms with Gasteiger partial charge in [-0.15, -0.1) is 0 Å². The Morgan fingerprint density at radius 1 is 1.30 bits per heavy atom. The Morgan fingerprint density at radius 3 is 2.50 bits per heavy atom. The van der Waals surface area contributed by atoms with Gasteiger partial charge in [0.2, 0.25) is 10.0 Å². The van der Waals surface area contributed by atoms with E-state index in [9.17, 15) is 13.2 Å². The fraction of sp³-hybridized carbons (Fsp3) is 0.462. The molecule has 20 heavy (non-hydrogen) atoms. The largest absolute Gasteiger partial charge is 0.482 e. The van der Waals surface area contributed by atoms with E-state index in [1.54, 1.807) is 0 Å². The molecule has 2 rings (SSSR count). The second kappa shape index (κ2) is 6.23. The first-order chi connectivity index (χ1) is 9.47. The first kappa shape index (κ1) is 14.8. The van der Waals surface area contributed by atoms with Crippen molar-refractivity contribution < 1.29 is 23.1 Å². The zero-order chi connectivity index (χ0) is 14.6. The zero-order valence-electron chi connectivity index (χ0n) is 10.9. The number of carboxylic acid groups (broad SMARTS) is 1. The van der Waals surface area contributed by atoms with Gasteiger partial charge in [-0.05, 0) is 36.6 Å². The van der Waals surface area contributed by atoms with Gasteiger partial charge in [0.1, 0.15) is 5.75 Å². The maximum Gasteiger partial charge on any atom is 0.341 e. The van der Waals surface area contributed by atoms with E-state index >= 15 is 0 Å². The summed E-state index contributed by atoms with van der Waals surface area (Å²) in [6.07, 6.45) is 3.26. The van der Waals surface area contributed by atoms with Crippen molar-refractivity contribution in [1.29, 1.82) is 0 Å². The Hall–Kier alpha value is -1.60. The lowest BCUT2D eigenvalue weighted by Crippen LogP contribution is -2.25. The summed E-state index contributed by atoms with van der Waals surface area (Å²) >= 11 is 0. The summed E-state index contributed by atoms with van der Waals surface area (Å²) in [7, 11) is -3.50. The Balaban J connectivity index is 1.91. The first-order valence-corrected chi connectivity index (χ1v) is 7.90. The van der Waals surface area contributed by atoms with Gasteiger partial charge < -0.3 is 9.84 Å². The number of benzene rings is 1. The van der Waals surface area contributed by atoms with Crippen LogP contribution in [0, 0.1) is 5.92 Å². The van der Waals surface area contributed by atoms with Gasteiger partial charge in [0.05, 0.1) is 4.90 Å². The minimum Gasteiger partial charge on any atom is -0.482 e. The fourth-order valence-corrected chi connectivity index (χ4v) is 2.80. The standard InChI is InChI=1S/C13H17NO5S/c15-13(16)9-19-11-3-5-12(6-4-11)20(17,18)14-8-7-10-1-2-10/h3-6,10,14H,1-2,7-9H2,(H,15,16). The van der Waals surface area contributed by atoms with Gasteiger partial charge in [-0.2, -0.15) is 0 Å². The lowest BCUT2D eigenvalue weighted by atomic mass is 10.3. The molecule has 110 valence electrons. The van der Waals surface area contributed by atoms with E-state index in [2.05, 4.69) is 4.72 Å². The van der Waals surface area contributed by atoms with Crippen LogP contribution in [0.1, 0.15) is 19.3 Å². The van der Waals surface area contributed by atoms with Crippen molar-refractivity contribution in [2.24, 2.45) is 5.92 Å². The van der Waals surface area contributed by atoms with Gasteiger partial charge in [-0.3, -0.25) is 0 Å². The molecule has 1 aliphatic rings. The molecule has 0 bridgehead atoms. The molecule has 0 unspecified atom stereocenters. The van der Waals surface area contributed by atoms with E-state index in [-0.39, 0.29) is 4.90 Å². The van der Waals surface area contributed by atoms with Crippen molar-refractivity contribution >= 4 is 16.0 Å². The molecule has 1 aliphatic carbocycles. The van der Waals surface area contributed by atoms with Gasteiger partial charge in [-0.1, -0.05) is 12.8 Å². The third-order valence-corrected chi connectivity index (χ3v) is 4.51. The summed E-state index contributed by atoms with van der Waals surface area (Å²) in [4.78, 5) is 10.5. The number of nitrogens with one attached hydrogen (secondary N) is 1. The number of carboxylic acids is 1. The highest BCUT2D eigenvalue weighted by Gasteiger charge is 2.22. The lowest BCUT2D eigenvalue weighted by Gasteiger charge is -2.07. The molecular formula is C13H17NO5S. The molecule has 0 atom stereocenters. The predicted molar refractivity (Wildman–Crippen MR) is 72.1 cm³/mol. The molecule has 0 amide bonds. The van der Waals surface area contributed by atoms with Crippen LogP contribution in [0.3, 0.4) is 0 Å². The number of hydrogen-bond acceptors (Lipinski definition) is 4. The van der Waals surface area contributed by atoms with E-state index in [1.807, 2.05) is 0 Å². The van der Waals surface area contributed by atoms with Crippen molar-refractivity contribution in [3.63, 3.8) is 0 Å². The molecule has 1 aromatic rings. The van der Waals surface area contributed by atoms with E-state index < -0.39 is 22.6 Å². The lowest BCUT2D eigenvalue weighted by molar-refractivity contribution is -0.139. The maximum atomic E-state index is 12.0. The molecule has 1 fully saturated rings. The number of ether oxygens (including phenoxy) is 1. The van der Waals surface area contributed by atoms with Crippen molar-refractivity contribution in [2.75, 3.05) is 13.2 Å². The van der Waals surface area contributed by atoms with Crippen molar-refractivity contribution in [3.8, 4) is 5.75 Å². The van der Waals surface area contributed by atoms with Crippen LogP contribution in [-0.2, 0) is 14.8 Å². The van der Waals surface area contributed by atoms with Gasteiger partial charge in [0.25, 0.3) is 0 Å². The van der Waals surface area contributed by atoms with Gasteiger partial charge in [0.15, 0.2) is 6.61 Å². The van der Waals surface area contributed by atoms with E-state index in [1.165, 1.54) is 37.1 Å². The third-order valence-electron chi connectivity index (χ3n) is 3.04. The van der Waals surface area contributed by atoms with E-state index in [4.69, 9.17) is 9.84 Å². The molecule has 0 radical (unpaired) electrons. The SMILES string of the molecule is O=C(O)COc1ccc(S(=O)(=O)NCCC2CC2)cc1. The molecule has 0 aromatic heterocycles. The fourth-order valence-electron chi connectivity index (χ4n) is 1.75. The topological polar surface area (TPSA) is 92.7 Å². The molecule has 1 aromatic carbocycles. The van der Waals surface area contributed by atoms with Crippen LogP contribution < -0.4 is 9.46 Å². The zero-order valence-corrected chi connectivity index (χ0v) is 11.7. The van der Waals surface area contributed by atoms with E-state index in [0.717, 1.165) is 6.42 Å². The van der Waals surface area contributed by atoms with Gasteiger partial charge >= 0.3 is 5.97 Å². The molecule has 7 heteroatoms. The summed E-state index contributed by atoms with van der Waals surface area (Å²) < 4.78 is 31.4. The van der Waals surface area contributed by atoms with Crippen molar-refractivity contribution in [2.45, 2.75) is 24.2 Å². The van der Waals surface area contributed by atoms with Gasteiger partial charge in [0, 0.05) is 6.54 Å². The predicted octanol–water partition coefficient (Wildman–Crippen LogP) is 1.23. The number of hydrogen-bond donors (Lipinski definition) is 2. The van der Waals surface area contributed by atoms with Gasteiger partial charge in [-0.25, -0.2) is 17.9 Å². The summed E-state index contributed by atoms with van der Waals surface area (Å²) in [5.41, 5.74) is 0. The number of rotatable bonds is 8. The maximum absolute atomic E-state index is 12.0. The van der Waals surface area contributed by atoms with Crippen LogP contribution >= 0.6 is 0 Å². The van der Waals surface area contributed by atoms with Crippen molar-refractivity contribution in [1.82, 2.24) is 4.72 Å². The molecular weight excluding hydrogens is 282 g/mol. The van der Waals surface area contributed by atoms with Crippen LogP contribution in [0.4, 0.5) is 0 Å². The van der Waals surface area contributed by atoms with E-state index in [0.29, 0.717) is 18.2 Å². The molecule has 0 spiro atoms. The average molecular weight is 299 g/mol. The van der Waals surface area contributed by atoms with Crippen LogP contribution in [0.15, 0.2) is 29.2 Å². The monoisotopic (exact) mass is 299 g/mol. The highest BCUT2D eigenvalue weighted by Crippen LogP contribution is 2.31. The second-order valence-corrected chi connectivity index (χ2v) is 6.55. The number of carbonyl (C=O) groups is 1. The third kappa shape index (κ3) is 4.50. The minimum absolute atomic E-state index is 0.149. The smallest absolute Gasteiger partial charge is 0.341 e. The Morgan fingerprint density at radius 2 is 1.95 bits per heavy atom. The quantitative estimate of drug-likeness (QED) is 0.753. The van der Waals surface area contributed by atoms with Crippen LogP contribution in [0.25, 0.3) is 0 Å². The summed E-state index contributed by atoms with van der Waals surface area (Å²) in [6.45, 7) is -0.00397. The molecule has 1 saturated carbocycles. The van der Waals surface area contributed by atoms with Crippen LogP contribution in [-0.4, -0.2) is 32.6 Å². The Labute approximate surface area is 117 Å². The normalized spacial score (nSPS) is 15.0. The number of sulfonamides is 1. The highest BCUT2D eigenvalue weighted by atomic mass is 32.2.